The molecule has 0 aliphatic rings. The van der Waals surface area contributed by atoms with Crippen LogP contribution in [0.2, 0.25) is 0 Å². The maximum atomic E-state index is 12.3. The van der Waals surface area contributed by atoms with Gasteiger partial charge < -0.3 is 15.4 Å². The highest BCUT2D eigenvalue weighted by Gasteiger charge is 2.12. The second-order valence-corrected chi connectivity index (χ2v) is 5.30. The third-order valence-electron chi connectivity index (χ3n) is 3.66. The van der Waals surface area contributed by atoms with Crippen LogP contribution in [0.15, 0.2) is 60.3 Å². The Morgan fingerprint density at radius 3 is 2.60 bits per heavy atom. The van der Waals surface area contributed by atoms with Crippen LogP contribution in [0, 0.1) is 11.3 Å². The number of carboxylic acid groups (broad SMARTS) is 1. The molecule has 0 aliphatic heterocycles. The smallest absolute Gasteiger partial charge is 0.335 e. The number of nitrogens with zero attached hydrogens (tertiary/aromatic N) is 1. The van der Waals surface area contributed by atoms with E-state index in [1.807, 2.05) is 12.1 Å². The fraction of sp³-hybridized carbons (Fsp3) is 0. The number of benzene rings is 2. The van der Waals surface area contributed by atoms with Crippen LogP contribution >= 0.6 is 0 Å². The quantitative estimate of drug-likeness (QED) is 0.503. The van der Waals surface area contributed by atoms with Crippen LogP contribution in [-0.2, 0) is 4.79 Å². The number of fused-ring (bicyclic) bond motifs is 1. The van der Waals surface area contributed by atoms with Crippen LogP contribution in [0.3, 0.4) is 0 Å². The summed E-state index contributed by atoms with van der Waals surface area (Å²) >= 11 is 0. The molecule has 0 fully saturated rings. The minimum atomic E-state index is -1.04. The van der Waals surface area contributed by atoms with Gasteiger partial charge >= 0.3 is 5.97 Å². The molecule has 0 saturated carbocycles. The second kappa shape index (κ2) is 6.72. The molecule has 2 aromatic carbocycles. The number of anilines is 1. The number of H-pyrrole nitrogens is 1. The average molecular weight is 331 g/mol. The molecule has 3 rings (SSSR count). The molecule has 0 radical (unpaired) electrons. The number of carbonyl (C=O) groups excluding carboxylic acids is 1. The lowest BCUT2D eigenvalue weighted by Gasteiger charge is -2.03. The summed E-state index contributed by atoms with van der Waals surface area (Å²) in [6.07, 6.45) is 3.06. The number of para-hydroxylation sites is 1. The fourth-order valence-corrected chi connectivity index (χ4v) is 2.42. The Morgan fingerprint density at radius 1 is 1.16 bits per heavy atom. The van der Waals surface area contributed by atoms with Crippen molar-refractivity contribution in [1.82, 2.24) is 4.98 Å². The number of aromatic carboxylic acids is 1. The number of hydrogen-bond acceptors (Lipinski definition) is 3. The zero-order chi connectivity index (χ0) is 17.8. The Balaban J connectivity index is 1.96. The Morgan fingerprint density at radius 2 is 1.92 bits per heavy atom. The van der Waals surface area contributed by atoms with E-state index in [0.29, 0.717) is 16.6 Å². The van der Waals surface area contributed by atoms with E-state index in [1.54, 1.807) is 36.5 Å². The number of aromatic nitrogens is 1. The second-order valence-electron chi connectivity index (χ2n) is 5.30. The molecule has 3 aromatic rings. The van der Waals surface area contributed by atoms with Crippen molar-refractivity contribution in [3.8, 4) is 6.07 Å². The highest BCUT2D eigenvalue weighted by molar-refractivity contribution is 6.11. The standard InChI is InChI=1S/C19H13N3O3/c20-10-13(18(23)22-15-4-2-1-3-5-15)8-14-11-21-17-7-6-12(19(24)25)9-16(14)17/h1-9,11,21H,(H,22,23)(H,24,25). The number of nitriles is 1. The van der Waals surface area contributed by atoms with Crippen LogP contribution < -0.4 is 5.32 Å². The van der Waals surface area contributed by atoms with Gasteiger partial charge in [0, 0.05) is 28.4 Å². The Hall–Kier alpha value is -3.85. The predicted molar refractivity (Wildman–Crippen MR) is 93.9 cm³/mol. The molecule has 1 aromatic heterocycles. The number of carboxylic acids is 1. The van der Waals surface area contributed by atoms with E-state index in [9.17, 15) is 14.9 Å². The summed E-state index contributed by atoms with van der Waals surface area (Å²) in [5.74, 6) is -1.57. The Labute approximate surface area is 143 Å². The third kappa shape index (κ3) is 3.41. The SMILES string of the molecule is N#CC(=Cc1c[nH]c2ccc(C(=O)O)cc12)C(=O)Nc1ccccc1. The normalized spacial score (nSPS) is 11.1. The van der Waals surface area contributed by atoms with E-state index in [1.165, 1.54) is 18.2 Å². The van der Waals surface area contributed by atoms with Gasteiger partial charge in [-0.25, -0.2) is 4.79 Å². The minimum Gasteiger partial charge on any atom is -0.478 e. The van der Waals surface area contributed by atoms with E-state index in [2.05, 4.69) is 10.3 Å². The van der Waals surface area contributed by atoms with Crippen molar-refractivity contribution in [3.63, 3.8) is 0 Å². The Kier molecular flexibility index (Phi) is 4.31. The van der Waals surface area contributed by atoms with E-state index in [4.69, 9.17) is 5.11 Å². The van der Waals surface area contributed by atoms with Gasteiger partial charge in [-0.15, -0.1) is 0 Å². The molecule has 0 aliphatic carbocycles. The topological polar surface area (TPSA) is 106 Å². The van der Waals surface area contributed by atoms with Gasteiger partial charge in [0.1, 0.15) is 11.6 Å². The van der Waals surface area contributed by atoms with Crippen molar-refractivity contribution in [2.45, 2.75) is 0 Å². The van der Waals surface area contributed by atoms with Gasteiger partial charge in [-0.3, -0.25) is 4.79 Å². The molecule has 6 nitrogen and oxygen atoms in total. The van der Waals surface area contributed by atoms with Crippen LogP contribution in [-0.4, -0.2) is 22.0 Å². The first-order chi connectivity index (χ1) is 12.1. The molecule has 25 heavy (non-hydrogen) atoms. The van der Waals surface area contributed by atoms with Gasteiger partial charge in [0.05, 0.1) is 5.56 Å². The predicted octanol–water partition coefficient (Wildman–Crippen LogP) is 3.41. The molecule has 3 N–H and O–H groups in total. The molecule has 0 spiro atoms. The fourth-order valence-electron chi connectivity index (χ4n) is 2.42. The van der Waals surface area contributed by atoms with Gasteiger partial charge in [-0.1, -0.05) is 18.2 Å². The number of nitrogens with one attached hydrogen (secondary N) is 2. The molecule has 0 saturated heterocycles. The summed E-state index contributed by atoms with van der Waals surface area (Å²) in [4.78, 5) is 26.4. The number of hydrogen-bond donors (Lipinski definition) is 3. The summed E-state index contributed by atoms with van der Waals surface area (Å²) in [6, 6.07) is 15.3. The van der Waals surface area contributed by atoms with Crippen molar-refractivity contribution in [3.05, 3.63) is 71.4 Å². The van der Waals surface area contributed by atoms with Gasteiger partial charge in [0.25, 0.3) is 5.91 Å². The third-order valence-corrected chi connectivity index (χ3v) is 3.66. The molecule has 1 amide bonds. The van der Waals surface area contributed by atoms with Gasteiger partial charge in [0.15, 0.2) is 0 Å². The lowest BCUT2D eigenvalue weighted by Crippen LogP contribution is -2.13. The summed E-state index contributed by atoms with van der Waals surface area (Å²) in [7, 11) is 0. The van der Waals surface area contributed by atoms with Gasteiger partial charge in [-0.05, 0) is 36.4 Å². The zero-order valence-corrected chi connectivity index (χ0v) is 13.0. The van der Waals surface area contributed by atoms with Crippen LogP contribution in [0.4, 0.5) is 5.69 Å². The highest BCUT2D eigenvalue weighted by Crippen LogP contribution is 2.22. The van der Waals surface area contributed by atoms with Crippen molar-refractivity contribution in [2.24, 2.45) is 0 Å². The van der Waals surface area contributed by atoms with E-state index < -0.39 is 11.9 Å². The molecule has 0 unspecified atom stereocenters. The number of aromatic amines is 1. The Bertz CT molecular complexity index is 1030. The average Bonchev–Trinajstić information content (AvgIpc) is 3.02. The molecule has 6 heteroatoms. The van der Waals surface area contributed by atoms with E-state index in [0.717, 1.165) is 5.52 Å². The molecule has 0 bridgehead atoms. The summed E-state index contributed by atoms with van der Waals surface area (Å²) < 4.78 is 0. The molecule has 122 valence electrons. The maximum absolute atomic E-state index is 12.3. The van der Waals surface area contributed by atoms with Gasteiger partial charge in [0.2, 0.25) is 0 Å². The first kappa shape index (κ1) is 16.0. The van der Waals surface area contributed by atoms with Crippen LogP contribution in [0.25, 0.3) is 17.0 Å². The molecular formula is C19H13N3O3. The molecule has 1 heterocycles. The monoisotopic (exact) mass is 331 g/mol. The highest BCUT2D eigenvalue weighted by atomic mass is 16.4. The number of carbonyl (C=O) groups is 2. The summed E-state index contributed by atoms with van der Waals surface area (Å²) in [5, 5.41) is 21.7. The van der Waals surface area contributed by atoms with Crippen molar-refractivity contribution in [1.29, 1.82) is 5.26 Å². The zero-order valence-electron chi connectivity index (χ0n) is 13.0. The first-order valence-electron chi connectivity index (χ1n) is 7.41. The van der Waals surface area contributed by atoms with Crippen LogP contribution in [0.5, 0.6) is 0 Å². The minimum absolute atomic E-state index is 0.0783. The van der Waals surface area contributed by atoms with E-state index in [-0.39, 0.29) is 11.1 Å². The van der Waals surface area contributed by atoms with Crippen molar-refractivity contribution in [2.75, 3.05) is 5.32 Å². The number of rotatable bonds is 4. The van der Waals surface area contributed by atoms with Gasteiger partial charge in [-0.2, -0.15) is 5.26 Å². The maximum Gasteiger partial charge on any atom is 0.335 e. The van der Waals surface area contributed by atoms with Crippen molar-refractivity contribution >= 4 is 34.5 Å². The molecular weight excluding hydrogens is 318 g/mol. The summed E-state index contributed by atoms with van der Waals surface area (Å²) in [6.45, 7) is 0. The lowest BCUT2D eigenvalue weighted by atomic mass is 10.1. The lowest BCUT2D eigenvalue weighted by molar-refractivity contribution is -0.112. The number of amides is 1. The van der Waals surface area contributed by atoms with Crippen LogP contribution in [0.1, 0.15) is 15.9 Å². The largest absolute Gasteiger partial charge is 0.478 e. The molecule has 0 atom stereocenters. The van der Waals surface area contributed by atoms with Crippen molar-refractivity contribution < 1.29 is 14.7 Å². The summed E-state index contributed by atoms with van der Waals surface area (Å²) in [5.41, 5.74) is 1.93. The van der Waals surface area contributed by atoms with E-state index >= 15 is 0 Å². The first-order valence-corrected chi connectivity index (χ1v) is 7.41.